The fourth-order valence-electron chi connectivity index (χ4n) is 2.11. The molecule has 0 fully saturated rings. The Balaban J connectivity index is 2.06. The second-order valence-electron chi connectivity index (χ2n) is 4.38. The maximum absolute atomic E-state index is 13.2. The van der Waals surface area contributed by atoms with E-state index >= 15 is 0 Å². The van der Waals surface area contributed by atoms with Crippen LogP contribution in [0, 0.1) is 5.82 Å². The van der Waals surface area contributed by atoms with Crippen LogP contribution in [0.2, 0.25) is 0 Å². The first-order chi connectivity index (χ1) is 9.17. The zero-order valence-corrected chi connectivity index (χ0v) is 10.3. The highest BCUT2D eigenvalue weighted by Gasteiger charge is 2.18. The van der Waals surface area contributed by atoms with Crippen molar-refractivity contribution in [3.63, 3.8) is 0 Å². The van der Waals surface area contributed by atoms with Crippen LogP contribution in [0.25, 0.3) is 11.0 Å². The number of nitrogens with two attached hydrogens (primary N) is 1. The van der Waals surface area contributed by atoms with Crippen LogP contribution in [0.15, 0.2) is 41.1 Å². The molecule has 0 saturated carbocycles. The normalized spacial score (nSPS) is 13.0. The Kier molecular flexibility index (Phi) is 2.81. The molecule has 19 heavy (non-hydrogen) atoms. The summed E-state index contributed by atoms with van der Waals surface area (Å²) >= 11 is 0. The summed E-state index contributed by atoms with van der Waals surface area (Å²) in [7, 11) is 1.82. The summed E-state index contributed by atoms with van der Waals surface area (Å²) in [4.78, 5) is 0. The molecule has 1 unspecified atom stereocenters. The fraction of sp³-hybridized carbons (Fsp3) is 0.154. The molecular formula is C13H13FN4O. The predicted octanol–water partition coefficient (Wildman–Crippen LogP) is 1.86. The monoisotopic (exact) mass is 260 g/mol. The number of hydrazine groups is 1. The Morgan fingerprint density at radius 3 is 2.95 bits per heavy atom. The number of fused-ring (bicyclic) bond motifs is 1. The molecular weight excluding hydrogens is 247 g/mol. The SMILES string of the molecule is Cn1cc(C(NN)c2cc3cc(F)ccc3o2)cn1. The van der Waals surface area contributed by atoms with Crippen molar-refractivity contribution in [2.45, 2.75) is 6.04 Å². The van der Waals surface area contributed by atoms with Crippen LogP contribution in [0.3, 0.4) is 0 Å². The number of furan rings is 1. The molecule has 0 amide bonds. The van der Waals surface area contributed by atoms with Gasteiger partial charge in [-0.3, -0.25) is 10.5 Å². The first-order valence-corrected chi connectivity index (χ1v) is 5.81. The van der Waals surface area contributed by atoms with Gasteiger partial charge >= 0.3 is 0 Å². The van der Waals surface area contributed by atoms with E-state index in [-0.39, 0.29) is 11.9 Å². The van der Waals surface area contributed by atoms with E-state index in [0.717, 1.165) is 5.56 Å². The number of nitrogens with zero attached hydrogens (tertiary/aromatic N) is 2. The molecule has 5 nitrogen and oxygen atoms in total. The van der Waals surface area contributed by atoms with Crippen molar-refractivity contribution in [2.24, 2.45) is 12.9 Å². The molecule has 3 rings (SSSR count). The first kappa shape index (κ1) is 11.9. The summed E-state index contributed by atoms with van der Waals surface area (Å²) < 4.78 is 20.5. The van der Waals surface area contributed by atoms with Crippen LogP contribution in [0.5, 0.6) is 0 Å². The van der Waals surface area contributed by atoms with Crippen LogP contribution in [0.4, 0.5) is 4.39 Å². The maximum atomic E-state index is 13.2. The highest BCUT2D eigenvalue weighted by atomic mass is 19.1. The van der Waals surface area contributed by atoms with Gasteiger partial charge in [-0.05, 0) is 24.3 Å². The summed E-state index contributed by atoms with van der Waals surface area (Å²) in [6.45, 7) is 0. The van der Waals surface area contributed by atoms with E-state index in [1.54, 1.807) is 23.0 Å². The van der Waals surface area contributed by atoms with Crippen molar-refractivity contribution in [1.82, 2.24) is 15.2 Å². The molecule has 0 aliphatic rings. The summed E-state index contributed by atoms with van der Waals surface area (Å²) in [5.41, 5.74) is 4.19. The zero-order chi connectivity index (χ0) is 13.4. The lowest BCUT2D eigenvalue weighted by Gasteiger charge is -2.10. The molecule has 6 heteroatoms. The van der Waals surface area contributed by atoms with Gasteiger partial charge < -0.3 is 4.42 Å². The molecule has 3 aromatic rings. The van der Waals surface area contributed by atoms with Crippen molar-refractivity contribution in [3.8, 4) is 0 Å². The van der Waals surface area contributed by atoms with Crippen molar-refractivity contribution >= 4 is 11.0 Å². The summed E-state index contributed by atoms with van der Waals surface area (Å²) in [5.74, 6) is 5.91. The second-order valence-corrected chi connectivity index (χ2v) is 4.38. The number of hydrogen-bond acceptors (Lipinski definition) is 4. The molecule has 3 N–H and O–H groups in total. The lowest BCUT2D eigenvalue weighted by molar-refractivity contribution is 0.477. The third kappa shape index (κ3) is 2.11. The van der Waals surface area contributed by atoms with Gasteiger partial charge in [-0.15, -0.1) is 0 Å². The maximum Gasteiger partial charge on any atom is 0.134 e. The third-order valence-corrected chi connectivity index (χ3v) is 3.01. The lowest BCUT2D eigenvalue weighted by Crippen LogP contribution is -2.28. The topological polar surface area (TPSA) is 69.0 Å². The van der Waals surface area contributed by atoms with E-state index in [0.29, 0.717) is 16.7 Å². The Hall–Kier alpha value is -2.18. The van der Waals surface area contributed by atoms with Gasteiger partial charge in [0.25, 0.3) is 0 Å². The van der Waals surface area contributed by atoms with Gasteiger partial charge in [0.2, 0.25) is 0 Å². The van der Waals surface area contributed by atoms with Crippen LogP contribution in [-0.2, 0) is 7.05 Å². The number of nitrogens with one attached hydrogen (secondary N) is 1. The molecule has 2 aromatic heterocycles. The van der Waals surface area contributed by atoms with E-state index in [1.165, 1.54) is 12.1 Å². The van der Waals surface area contributed by atoms with Gasteiger partial charge in [0.1, 0.15) is 23.2 Å². The largest absolute Gasteiger partial charge is 0.459 e. The molecule has 1 atom stereocenters. The Morgan fingerprint density at radius 1 is 1.42 bits per heavy atom. The molecule has 0 saturated heterocycles. The van der Waals surface area contributed by atoms with E-state index < -0.39 is 0 Å². The number of aryl methyl sites for hydroxylation is 1. The van der Waals surface area contributed by atoms with E-state index in [9.17, 15) is 4.39 Å². The van der Waals surface area contributed by atoms with Crippen molar-refractivity contribution in [1.29, 1.82) is 0 Å². The molecule has 0 radical (unpaired) electrons. The van der Waals surface area contributed by atoms with Gasteiger partial charge in [-0.2, -0.15) is 5.10 Å². The van der Waals surface area contributed by atoms with Gasteiger partial charge in [0.05, 0.1) is 6.20 Å². The van der Waals surface area contributed by atoms with Gasteiger partial charge in [0, 0.05) is 24.2 Å². The van der Waals surface area contributed by atoms with Crippen LogP contribution in [-0.4, -0.2) is 9.78 Å². The predicted molar refractivity (Wildman–Crippen MR) is 68.5 cm³/mol. The second kappa shape index (κ2) is 4.49. The molecule has 0 spiro atoms. The van der Waals surface area contributed by atoms with E-state index in [4.69, 9.17) is 10.3 Å². The van der Waals surface area contributed by atoms with Crippen molar-refractivity contribution < 1.29 is 8.81 Å². The van der Waals surface area contributed by atoms with Crippen LogP contribution < -0.4 is 11.3 Å². The molecule has 0 aliphatic carbocycles. The number of benzene rings is 1. The standard InChI is InChI=1S/C13H13FN4O/c1-18-7-9(6-16-18)13(17-15)12-5-8-4-10(14)2-3-11(8)19-12/h2-7,13,17H,15H2,1H3. The van der Waals surface area contributed by atoms with Crippen LogP contribution in [0.1, 0.15) is 17.4 Å². The molecule has 1 aromatic carbocycles. The fourth-order valence-corrected chi connectivity index (χ4v) is 2.11. The highest BCUT2D eigenvalue weighted by Crippen LogP contribution is 2.27. The van der Waals surface area contributed by atoms with E-state index in [2.05, 4.69) is 10.5 Å². The number of aromatic nitrogens is 2. The Morgan fingerprint density at radius 2 is 2.26 bits per heavy atom. The number of rotatable bonds is 3. The van der Waals surface area contributed by atoms with Gasteiger partial charge in [0.15, 0.2) is 0 Å². The van der Waals surface area contributed by atoms with Crippen molar-refractivity contribution in [3.05, 3.63) is 53.8 Å². The van der Waals surface area contributed by atoms with Gasteiger partial charge in [-0.25, -0.2) is 9.82 Å². The first-order valence-electron chi connectivity index (χ1n) is 5.81. The van der Waals surface area contributed by atoms with Crippen molar-refractivity contribution in [2.75, 3.05) is 0 Å². The lowest BCUT2D eigenvalue weighted by atomic mass is 10.1. The number of halogens is 1. The molecule has 98 valence electrons. The minimum Gasteiger partial charge on any atom is -0.459 e. The van der Waals surface area contributed by atoms with Crippen LogP contribution >= 0.6 is 0 Å². The molecule has 0 bridgehead atoms. The average molecular weight is 260 g/mol. The minimum atomic E-state index is -0.316. The Labute approximate surface area is 108 Å². The number of hydrogen-bond donors (Lipinski definition) is 2. The summed E-state index contributed by atoms with van der Waals surface area (Å²) in [6, 6.07) is 5.86. The quantitative estimate of drug-likeness (QED) is 0.557. The summed E-state index contributed by atoms with van der Waals surface area (Å²) in [6.07, 6.45) is 3.55. The third-order valence-electron chi connectivity index (χ3n) is 3.01. The smallest absolute Gasteiger partial charge is 0.134 e. The van der Waals surface area contributed by atoms with E-state index in [1.807, 2.05) is 13.2 Å². The Bertz CT molecular complexity index is 718. The molecule has 0 aliphatic heterocycles. The average Bonchev–Trinajstić information content (AvgIpc) is 2.96. The molecule has 2 heterocycles. The zero-order valence-electron chi connectivity index (χ0n) is 10.3. The minimum absolute atomic E-state index is 0.293. The summed E-state index contributed by atoms with van der Waals surface area (Å²) in [5, 5.41) is 4.81. The van der Waals surface area contributed by atoms with Gasteiger partial charge in [-0.1, -0.05) is 0 Å². The highest BCUT2D eigenvalue weighted by molar-refractivity contribution is 5.78.